The van der Waals surface area contributed by atoms with E-state index in [1.807, 2.05) is 6.92 Å². The van der Waals surface area contributed by atoms with Gasteiger partial charge >= 0.3 is 11.9 Å². The van der Waals surface area contributed by atoms with E-state index >= 15 is 0 Å². The Morgan fingerprint density at radius 3 is 2.55 bits per heavy atom. The topological polar surface area (TPSA) is 117 Å². The zero-order valence-corrected chi connectivity index (χ0v) is 19.4. The van der Waals surface area contributed by atoms with Gasteiger partial charge in [-0.25, -0.2) is 9.59 Å². The molecule has 0 radical (unpaired) electrons. The van der Waals surface area contributed by atoms with E-state index in [0.717, 1.165) is 0 Å². The number of carbonyl (C=O) groups is 3. The molecule has 0 fully saturated rings. The Balaban J connectivity index is 2.41. The van der Waals surface area contributed by atoms with Gasteiger partial charge < -0.3 is 25.3 Å². The summed E-state index contributed by atoms with van der Waals surface area (Å²) in [7, 11) is 0. The predicted molar refractivity (Wildman–Crippen MR) is 117 cm³/mol. The number of allylic oxidation sites excluding steroid dienone is 1. The van der Waals surface area contributed by atoms with E-state index in [9.17, 15) is 14.4 Å². The molecule has 2 aliphatic heterocycles. The molecule has 31 heavy (non-hydrogen) atoms. The molecular weight excluding hydrogens is 468 g/mol. The second-order valence-corrected chi connectivity index (χ2v) is 8.37. The molecule has 3 N–H and O–H groups in total. The fourth-order valence-corrected chi connectivity index (χ4v) is 4.29. The number of nitrogens with one attached hydrogen (secondary N) is 1. The molecule has 8 nitrogen and oxygen atoms in total. The van der Waals surface area contributed by atoms with E-state index in [1.54, 1.807) is 39.0 Å². The molecule has 2 heterocycles. The fourth-order valence-electron chi connectivity index (χ4n) is 3.92. The Hall–Kier alpha value is -2.81. The highest BCUT2D eigenvalue weighted by Gasteiger charge is 2.62. The van der Waals surface area contributed by atoms with Crippen molar-refractivity contribution < 1.29 is 28.6 Å². The van der Waals surface area contributed by atoms with Gasteiger partial charge in [0.1, 0.15) is 22.3 Å². The van der Waals surface area contributed by atoms with E-state index in [1.165, 1.54) is 0 Å². The summed E-state index contributed by atoms with van der Waals surface area (Å²) in [5, 5.41) is 2.78. The Morgan fingerprint density at radius 1 is 1.23 bits per heavy atom. The lowest BCUT2D eigenvalue weighted by Gasteiger charge is -2.36. The second kappa shape index (κ2) is 8.74. The third kappa shape index (κ3) is 3.71. The van der Waals surface area contributed by atoms with Gasteiger partial charge in [0, 0.05) is 22.1 Å². The SMILES string of the molecule is CCCC1=C(C(=O)OCC)[C@]2(C(=O)Nc3ccc(Br)cc32)C(C(=O)OC(C)C)=C(N)O1. The Morgan fingerprint density at radius 2 is 1.94 bits per heavy atom. The van der Waals surface area contributed by atoms with Crippen molar-refractivity contribution >= 4 is 39.5 Å². The third-order valence-corrected chi connectivity index (χ3v) is 5.48. The van der Waals surface area contributed by atoms with Crippen LogP contribution in [0.4, 0.5) is 5.69 Å². The number of nitrogens with two attached hydrogens (primary N) is 1. The normalized spacial score (nSPS) is 20.0. The summed E-state index contributed by atoms with van der Waals surface area (Å²) in [5.41, 5.74) is 4.90. The minimum atomic E-state index is -1.86. The fraction of sp³-hybridized carbons (Fsp3) is 0.409. The molecule has 9 heteroatoms. The van der Waals surface area contributed by atoms with Gasteiger partial charge in [0.25, 0.3) is 0 Å². The molecule has 0 saturated heterocycles. The standard InChI is InChI=1S/C22H25BrN2O6/c1-5-7-15-16(19(26)29-6-2)22(17(18(24)31-15)20(27)30-11(3)4)13-10-12(23)8-9-14(13)25-21(22)28/h8-11H,5-7,24H2,1-4H3,(H,25,28)/t22-/m0/s1. The molecule has 3 rings (SSSR count). The number of benzene rings is 1. The number of ether oxygens (including phenoxy) is 3. The van der Waals surface area contributed by atoms with Crippen LogP contribution in [0.3, 0.4) is 0 Å². The first-order valence-electron chi connectivity index (χ1n) is 10.1. The lowest BCUT2D eigenvalue weighted by atomic mass is 9.67. The van der Waals surface area contributed by atoms with E-state index in [0.29, 0.717) is 28.6 Å². The molecule has 0 unspecified atom stereocenters. The van der Waals surface area contributed by atoms with Crippen molar-refractivity contribution in [2.45, 2.75) is 52.1 Å². The van der Waals surface area contributed by atoms with Crippen molar-refractivity contribution in [2.24, 2.45) is 5.73 Å². The van der Waals surface area contributed by atoms with Crippen LogP contribution in [0.1, 0.15) is 46.1 Å². The van der Waals surface area contributed by atoms with Gasteiger partial charge in [0.05, 0.1) is 12.7 Å². The number of anilines is 1. The van der Waals surface area contributed by atoms with E-state index in [2.05, 4.69) is 21.2 Å². The molecular formula is C22H25BrN2O6. The van der Waals surface area contributed by atoms with Crippen molar-refractivity contribution in [1.29, 1.82) is 0 Å². The predicted octanol–water partition coefficient (Wildman–Crippen LogP) is 3.41. The zero-order chi connectivity index (χ0) is 22.9. The van der Waals surface area contributed by atoms with Gasteiger partial charge in [-0.05, 0) is 45.4 Å². The summed E-state index contributed by atoms with van der Waals surface area (Å²) < 4.78 is 17.1. The van der Waals surface area contributed by atoms with Gasteiger partial charge in [0.15, 0.2) is 0 Å². The summed E-state index contributed by atoms with van der Waals surface area (Å²) in [6.07, 6.45) is 0.448. The highest BCUT2D eigenvalue weighted by Crippen LogP contribution is 2.53. The quantitative estimate of drug-likeness (QED) is 0.584. The number of fused-ring (bicyclic) bond motifs is 2. The van der Waals surface area contributed by atoms with Crippen LogP contribution < -0.4 is 11.1 Å². The van der Waals surface area contributed by atoms with E-state index < -0.39 is 29.4 Å². The number of rotatable bonds is 6. The molecule has 0 aliphatic carbocycles. The maximum Gasteiger partial charge on any atom is 0.341 e. The lowest BCUT2D eigenvalue weighted by Crippen LogP contribution is -2.49. The maximum atomic E-state index is 13.6. The van der Waals surface area contributed by atoms with Crippen molar-refractivity contribution in [3.8, 4) is 0 Å². The summed E-state index contributed by atoms with van der Waals surface area (Å²) in [5.74, 6) is -2.27. The number of amides is 1. The van der Waals surface area contributed by atoms with Gasteiger partial charge in [-0.15, -0.1) is 0 Å². The first-order chi connectivity index (χ1) is 14.7. The average Bonchev–Trinajstić information content (AvgIpc) is 2.93. The van der Waals surface area contributed by atoms with Crippen molar-refractivity contribution in [3.63, 3.8) is 0 Å². The average molecular weight is 493 g/mol. The third-order valence-electron chi connectivity index (χ3n) is 4.99. The number of esters is 2. The molecule has 1 spiro atoms. The molecule has 1 aromatic rings. The van der Waals surface area contributed by atoms with E-state index in [-0.39, 0.29) is 29.4 Å². The monoisotopic (exact) mass is 492 g/mol. The molecule has 1 atom stereocenters. The lowest BCUT2D eigenvalue weighted by molar-refractivity contribution is -0.145. The summed E-state index contributed by atoms with van der Waals surface area (Å²) in [6, 6.07) is 5.11. The molecule has 2 aliphatic rings. The van der Waals surface area contributed by atoms with Gasteiger partial charge in [-0.3, -0.25) is 4.79 Å². The molecule has 166 valence electrons. The molecule has 1 amide bonds. The molecule has 0 bridgehead atoms. The van der Waals surface area contributed by atoms with Crippen molar-refractivity contribution in [2.75, 3.05) is 11.9 Å². The molecule has 0 saturated carbocycles. The molecule has 0 aromatic heterocycles. The minimum absolute atomic E-state index is 0.0598. The number of hydrogen-bond donors (Lipinski definition) is 2. The highest BCUT2D eigenvalue weighted by molar-refractivity contribution is 9.10. The first-order valence-corrected chi connectivity index (χ1v) is 10.9. The number of carbonyl (C=O) groups excluding carboxylic acids is 3. The van der Waals surface area contributed by atoms with Crippen LogP contribution in [-0.4, -0.2) is 30.6 Å². The van der Waals surface area contributed by atoms with Crippen molar-refractivity contribution in [3.05, 3.63) is 51.0 Å². The van der Waals surface area contributed by atoms with Gasteiger partial charge in [-0.2, -0.15) is 0 Å². The first kappa shape index (κ1) is 22.9. The van der Waals surface area contributed by atoms with Gasteiger partial charge in [-0.1, -0.05) is 22.9 Å². The van der Waals surface area contributed by atoms with Crippen LogP contribution in [0.15, 0.2) is 45.5 Å². The largest absolute Gasteiger partial charge is 0.462 e. The summed E-state index contributed by atoms with van der Waals surface area (Å²) >= 11 is 3.41. The maximum absolute atomic E-state index is 13.6. The van der Waals surface area contributed by atoms with Crippen LogP contribution >= 0.6 is 15.9 Å². The van der Waals surface area contributed by atoms with Crippen LogP contribution in [0, 0.1) is 0 Å². The minimum Gasteiger partial charge on any atom is -0.462 e. The zero-order valence-electron chi connectivity index (χ0n) is 17.8. The van der Waals surface area contributed by atoms with Crippen LogP contribution in [0.2, 0.25) is 0 Å². The Kier molecular flexibility index (Phi) is 6.45. The summed E-state index contributed by atoms with van der Waals surface area (Å²) in [6.45, 7) is 6.98. The summed E-state index contributed by atoms with van der Waals surface area (Å²) in [4.78, 5) is 40.0. The number of hydrogen-bond acceptors (Lipinski definition) is 7. The van der Waals surface area contributed by atoms with Gasteiger partial charge in [0.2, 0.25) is 11.8 Å². The second-order valence-electron chi connectivity index (χ2n) is 7.46. The van der Waals surface area contributed by atoms with Crippen molar-refractivity contribution in [1.82, 2.24) is 0 Å². The van der Waals surface area contributed by atoms with Crippen LogP contribution in [-0.2, 0) is 34.0 Å². The smallest absolute Gasteiger partial charge is 0.341 e. The highest BCUT2D eigenvalue weighted by atomic mass is 79.9. The van der Waals surface area contributed by atoms with E-state index in [4.69, 9.17) is 19.9 Å². The molecule has 1 aromatic carbocycles. The van der Waals surface area contributed by atoms with Crippen LogP contribution in [0.5, 0.6) is 0 Å². The van der Waals surface area contributed by atoms with Crippen LogP contribution in [0.25, 0.3) is 0 Å². The number of halogens is 1. The Bertz CT molecular complexity index is 1010. The Labute approximate surface area is 188 Å².